The summed E-state index contributed by atoms with van der Waals surface area (Å²) in [6.45, 7) is 2.17. The van der Waals surface area contributed by atoms with Crippen LogP contribution in [-0.2, 0) is 5.41 Å². The van der Waals surface area contributed by atoms with E-state index in [1.165, 1.54) is 19.3 Å². The Kier molecular flexibility index (Phi) is 3.86. The molecule has 0 atom stereocenters. The monoisotopic (exact) mass is 285 g/mol. The van der Waals surface area contributed by atoms with Crippen molar-refractivity contribution in [3.8, 4) is 0 Å². The van der Waals surface area contributed by atoms with Gasteiger partial charge in [-0.2, -0.15) is 0 Å². The maximum atomic E-state index is 14.3. The van der Waals surface area contributed by atoms with E-state index in [1.54, 1.807) is 30.6 Å². The number of halogens is 1. The highest BCUT2D eigenvalue weighted by Crippen LogP contribution is 2.41. The van der Waals surface area contributed by atoms with Gasteiger partial charge >= 0.3 is 0 Å². The van der Waals surface area contributed by atoms with Crippen LogP contribution in [0.3, 0.4) is 0 Å². The van der Waals surface area contributed by atoms with E-state index in [1.807, 2.05) is 6.07 Å². The largest absolute Gasteiger partial charge is 0.324 e. The first kappa shape index (κ1) is 14.0. The van der Waals surface area contributed by atoms with E-state index in [9.17, 15) is 4.39 Å². The van der Waals surface area contributed by atoms with Crippen LogP contribution in [0.4, 0.5) is 16.0 Å². The second-order valence-corrected chi connectivity index (χ2v) is 6.01. The van der Waals surface area contributed by atoms with Gasteiger partial charge in [-0.3, -0.25) is 0 Å². The molecule has 1 saturated carbocycles. The molecule has 0 saturated heterocycles. The third-order valence-corrected chi connectivity index (χ3v) is 4.40. The molecule has 0 spiro atoms. The lowest BCUT2D eigenvalue weighted by molar-refractivity contribution is 0.310. The average molecular weight is 285 g/mol. The second-order valence-electron chi connectivity index (χ2n) is 6.01. The highest BCUT2D eigenvalue weighted by molar-refractivity contribution is 5.55. The molecule has 1 heterocycles. The molecule has 0 radical (unpaired) electrons. The van der Waals surface area contributed by atoms with Crippen LogP contribution in [0.5, 0.6) is 0 Å². The average Bonchev–Trinajstić information content (AvgIpc) is 2.51. The van der Waals surface area contributed by atoms with Gasteiger partial charge in [0.15, 0.2) is 0 Å². The highest BCUT2D eigenvalue weighted by Gasteiger charge is 2.31. The summed E-state index contributed by atoms with van der Waals surface area (Å²) < 4.78 is 14.3. The first-order chi connectivity index (χ1) is 10.2. The van der Waals surface area contributed by atoms with E-state index >= 15 is 0 Å². The molecule has 1 aromatic heterocycles. The van der Waals surface area contributed by atoms with Gasteiger partial charge in [0.05, 0.1) is 0 Å². The van der Waals surface area contributed by atoms with Crippen molar-refractivity contribution in [3.63, 3.8) is 0 Å². The molecule has 1 aliphatic rings. The lowest BCUT2D eigenvalue weighted by atomic mass is 9.71. The molecular weight excluding hydrogens is 265 g/mol. The number of anilines is 2. The molecular formula is C17H20FN3. The Morgan fingerprint density at radius 2 is 1.81 bits per heavy atom. The fourth-order valence-corrected chi connectivity index (χ4v) is 3.16. The van der Waals surface area contributed by atoms with Gasteiger partial charge < -0.3 is 5.32 Å². The molecule has 110 valence electrons. The van der Waals surface area contributed by atoms with Crippen LogP contribution in [0, 0.1) is 5.82 Å². The minimum Gasteiger partial charge on any atom is -0.324 e. The van der Waals surface area contributed by atoms with Gasteiger partial charge in [-0.05, 0) is 48.1 Å². The highest BCUT2D eigenvalue weighted by atomic mass is 19.1. The van der Waals surface area contributed by atoms with Gasteiger partial charge in [-0.15, -0.1) is 0 Å². The van der Waals surface area contributed by atoms with Crippen LogP contribution in [-0.4, -0.2) is 9.97 Å². The lowest BCUT2D eigenvalue weighted by Gasteiger charge is -2.34. The quantitative estimate of drug-likeness (QED) is 0.897. The summed E-state index contributed by atoms with van der Waals surface area (Å²) in [6.07, 6.45) is 9.08. The first-order valence-corrected chi connectivity index (χ1v) is 7.51. The van der Waals surface area contributed by atoms with Gasteiger partial charge in [0, 0.05) is 18.1 Å². The molecule has 0 aliphatic heterocycles. The van der Waals surface area contributed by atoms with Crippen molar-refractivity contribution in [2.24, 2.45) is 0 Å². The predicted molar refractivity (Wildman–Crippen MR) is 82.2 cm³/mol. The van der Waals surface area contributed by atoms with Crippen LogP contribution in [0.1, 0.15) is 44.6 Å². The zero-order chi connectivity index (χ0) is 14.7. The SMILES string of the molecule is CC1(c2cc(Nc3ncccn3)ccc2F)CCCCC1. The van der Waals surface area contributed by atoms with E-state index in [2.05, 4.69) is 22.2 Å². The third-order valence-electron chi connectivity index (χ3n) is 4.40. The lowest BCUT2D eigenvalue weighted by Crippen LogP contribution is -2.26. The summed E-state index contributed by atoms with van der Waals surface area (Å²) in [5.74, 6) is 0.419. The standard InChI is InChI=1S/C17H20FN3/c1-17(8-3-2-4-9-17)14-12-13(6-7-15(14)18)21-16-19-10-5-11-20-16/h5-7,10-12H,2-4,8-9H2,1H3,(H,19,20,21). The van der Waals surface area contributed by atoms with Crippen molar-refractivity contribution < 1.29 is 4.39 Å². The molecule has 0 bridgehead atoms. The topological polar surface area (TPSA) is 37.8 Å². The van der Waals surface area contributed by atoms with Crippen molar-refractivity contribution in [2.45, 2.75) is 44.4 Å². The predicted octanol–water partition coefficient (Wildman–Crippen LogP) is 4.58. The third kappa shape index (κ3) is 3.04. The van der Waals surface area contributed by atoms with Crippen LogP contribution in [0.2, 0.25) is 0 Å². The minimum absolute atomic E-state index is 0.0580. The molecule has 1 aliphatic carbocycles. The molecule has 4 heteroatoms. The Morgan fingerprint density at radius 3 is 2.52 bits per heavy atom. The molecule has 1 aromatic carbocycles. The molecule has 0 amide bonds. The van der Waals surface area contributed by atoms with Gasteiger partial charge in [-0.25, -0.2) is 14.4 Å². The smallest absolute Gasteiger partial charge is 0.227 e. The van der Waals surface area contributed by atoms with Crippen LogP contribution < -0.4 is 5.32 Å². The Balaban J connectivity index is 1.89. The number of nitrogens with zero attached hydrogens (tertiary/aromatic N) is 2. The van der Waals surface area contributed by atoms with Crippen LogP contribution >= 0.6 is 0 Å². The first-order valence-electron chi connectivity index (χ1n) is 7.51. The normalized spacial score (nSPS) is 17.4. The van der Waals surface area contributed by atoms with E-state index in [4.69, 9.17) is 0 Å². The number of aromatic nitrogens is 2. The Morgan fingerprint density at radius 1 is 1.10 bits per heavy atom. The zero-order valence-electron chi connectivity index (χ0n) is 12.3. The van der Waals surface area contributed by atoms with Crippen LogP contribution in [0.15, 0.2) is 36.7 Å². The molecule has 21 heavy (non-hydrogen) atoms. The molecule has 3 rings (SSSR count). The van der Waals surface area contributed by atoms with E-state index < -0.39 is 0 Å². The van der Waals surface area contributed by atoms with E-state index in [0.29, 0.717) is 5.95 Å². The molecule has 1 N–H and O–H groups in total. The fourth-order valence-electron chi connectivity index (χ4n) is 3.16. The van der Waals surface area contributed by atoms with Gasteiger partial charge in [-0.1, -0.05) is 26.2 Å². The van der Waals surface area contributed by atoms with Gasteiger partial charge in [0.25, 0.3) is 0 Å². The Labute approximate surface area is 124 Å². The van der Waals surface area contributed by atoms with Gasteiger partial charge in [0.1, 0.15) is 5.82 Å². The van der Waals surface area contributed by atoms with Crippen molar-refractivity contribution in [1.29, 1.82) is 0 Å². The number of nitrogens with one attached hydrogen (secondary N) is 1. The molecule has 3 nitrogen and oxygen atoms in total. The van der Waals surface area contributed by atoms with E-state index in [-0.39, 0.29) is 11.2 Å². The molecule has 2 aromatic rings. The number of hydrogen-bond donors (Lipinski definition) is 1. The second kappa shape index (κ2) is 5.80. The summed E-state index contributed by atoms with van der Waals surface area (Å²) in [5, 5.41) is 3.14. The molecule has 0 unspecified atom stereocenters. The summed E-state index contributed by atoms with van der Waals surface area (Å²) >= 11 is 0. The maximum Gasteiger partial charge on any atom is 0.227 e. The summed E-state index contributed by atoms with van der Waals surface area (Å²) in [6, 6.07) is 6.96. The number of hydrogen-bond acceptors (Lipinski definition) is 3. The zero-order valence-corrected chi connectivity index (χ0v) is 12.3. The van der Waals surface area contributed by atoms with Crippen LogP contribution in [0.25, 0.3) is 0 Å². The van der Waals surface area contributed by atoms with Crippen molar-refractivity contribution in [1.82, 2.24) is 9.97 Å². The maximum absolute atomic E-state index is 14.3. The van der Waals surface area contributed by atoms with Gasteiger partial charge in [0.2, 0.25) is 5.95 Å². The number of rotatable bonds is 3. The summed E-state index contributed by atoms with van der Waals surface area (Å²) in [5.41, 5.74) is 1.59. The summed E-state index contributed by atoms with van der Waals surface area (Å²) in [4.78, 5) is 8.28. The Bertz CT molecular complexity index is 607. The molecule has 1 fully saturated rings. The fraction of sp³-hybridized carbons (Fsp3) is 0.412. The van der Waals surface area contributed by atoms with E-state index in [0.717, 1.165) is 24.1 Å². The number of benzene rings is 1. The minimum atomic E-state index is -0.112. The summed E-state index contributed by atoms with van der Waals surface area (Å²) in [7, 11) is 0. The van der Waals surface area contributed by atoms with Crippen molar-refractivity contribution in [2.75, 3.05) is 5.32 Å². The van der Waals surface area contributed by atoms with Crippen molar-refractivity contribution >= 4 is 11.6 Å². The Hall–Kier alpha value is -1.97. The van der Waals surface area contributed by atoms with Crippen molar-refractivity contribution in [3.05, 3.63) is 48.0 Å².